The fourth-order valence-electron chi connectivity index (χ4n) is 2.14. The zero-order valence-corrected chi connectivity index (χ0v) is 12.0. The van der Waals surface area contributed by atoms with Crippen LogP contribution in [0.1, 0.15) is 10.5 Å². The van der Waals surface area contributed by atoms with Gasteiger partial charge in [0.2, 0.25) is 5.88 Å². The van der Waals surface area contributed by atoms with Crippen LogP contribution in [0.3, 0.4) is 0 Å². The third-order valence-corrected chi connectivity index (χ3v) is 3.23. The van der Waals surface area contributed by atoms with E-state index in [0.29, 0.717) is 24.7 Å². The molecule has 0 aliphatic heterocycles. The molecule has 0 aromatic carbocycles. The molecular weight excluding hydrogens is 300 g/mol. The number of pyridine rings is 2. The van der Waals surface area contributed by atoms with E-state index in [9.17, 15) is 4.79 Å². The summed E-state index contributed by atoms with van der Waals surface area (Å²) in [5.74, 6) is -0.464. The summed E-state index contributed by atoms with van der Waals surface area (Å²) >= 11 is 0. The van der Waals surface area contributed by atoms with Gasteiger partial charge in [0.05, 0.1) is 6.54 Å². The second-order valence-corrected chi connectivity index (χ2v) is 4.73. The van der Waals surface area contributed by atoms with Crippen molar-refractivity contribution in [1.29, 1.82) is 0 Å². The lowest BCUT2D eigenvalue weighted by Crippen LogP contribution is -2.24. The van der Waals surface area contributed by atoms with Crippen molar-refractivity contribution in [3.8, 4) is 5.88 Å². The van der Waals surface area contributed by atoms with Gasteiger partial charge < -0.3 is 9.30 Å². The van der Waals surface area contributed by atoms with E-state index in [0.717, 1.165) is 5.39 Å². The first kappa shape index (κ1) is 14.9. The Hall–Kier alpha value is -2.97. The molecule has 3 rings (SSSR count). The predicted molar refractivity (Wildman–Crippen MR) is 79.2 cm³/mol. The van der Waals surface area contributed by atoms with Gasteiger partial charge in [-0.1, -0.05) is 11.3 Å². The largest absolute Gasteiger partial charge is 0.476 e. The molecular formula is C15H14N4O4. The van der Waals surface area contributed by atoms with E-state index >= 15 is 0 Å². The molecule has 118 valence electrons. The van der Waals surface area contributed by atoms with Crippen LogP contribution in [0.25, 0.3) is 11.0 Å². The van der Waals surface area contributed by atoms with Gasteiger partial charge in [0, 0.05) is 23.8 Å². The van der Waals surface area contributed by atoms with Gasteiger partial charge in [-0.05, 0) is 24.3 Å². The van der Waals surface area contributed by atoms with E-state index in [4.69, 9.17) is 15.2 Å². The molecule has 8 nitrogen and oxygen atoms in total. The molecule has 8 heteroatoms. The van der Waals surface area contributed by atoms with E-state index < -0.39 is 11.1 Å². The number of carbonyl (C=O) groups excluding carboxylic acids is 1. The lowest BCUT2D eigenvalue weighted by Gasteiger charge is -2.08. The molecule has 0 aliphatic carbocycles. The maximum absolute atomic E-state index is 11.5. The molecule has 3 aromatic rings. The molecule has 0 atom stereocenters. The summed E-state index contributed by atoms with van der Waals surface area (Å²) in [4.78, 5) is 19.8. The Morgan fingerprint density at radius 2 is 2.09 bits per heavy atom. The third-order valence-electron chi connectivity index (χ3n) is 3.23. The highest BCUT2D eigenvalue weighted by Crippen LogP contribution is 2.15. The summed E-state index contributed by atoms with van der Waals surface area (Å²) in [6.45, 7) is 0.888. The fraction of sp³-hybridized carbons (Fsp3) is 0.133. The molecule has 0 aliphatic rings. The van der Waals surface area contributed by atoms with E-state index in [2.05, 4.69) is 9.97 Å². The third kappa shape index (κ3) is 3.28. The first-order valence-electron chi connectivity index (χ1n) is 6.87. The Morgan fingerprint density at radius 1 is 1.22 bits per heavy atom. The van der Waals surface area contributed by atoms with Crippen LogP contribution in [0.5, 0.6) is 5.88 Å². The Kier molecular flexibility index (Phi) is 4.18. The highest BCUT2D eigenvalue weighted by Gasteiger charge is 2.14. The van der Waals surface area contributed by atoms with Crippen molar-refractivity contribution in [2.45, 2.75) is 6.54 Å². The van der Waals surface area contributed by atoms with Gasteiger partial charge in [0.25, 0.3) is 0 Å². The average molecular weight is 314 g/mol. The number of amides is 1. The second-order valence-electron chi connectivity index (χ2n) is 4.73. The summed E-state index contributed by atoms with van der Waals surface area (Å²) in [6, 6.07) is 10.4. The standard InChI is InChI=1S/C15H14N4O4/c20-15(19(21)22)12-5-4-11-6-8-18(14(11)17-12)9-10-23-13-3-1-2-7-16-13/h1-8,21-22H,9-10H2. The van der Waals surface area contributed by atoms with E-state index in [-0.39, 0.29) is 5.69 Å². The Morgan fingerprint density at radius 3 is 2.83 bits per heavy atom. The summed E-state index contributed by atoms with van der Waals surface area (Å²) in [7, 11) is 0. The van der Waals surface area contributed by atoms with E-state index in [1.807, 2.05) is 22.9 Å². The summed E-state index contributed by atoms with van der Waals surface area (Å²) in [5, 5.41) is 18.0. The van der Waals surface area contributed by atoms with Gasteiger partial charge in [0.1, 0.15) is 17.9 Å². The lowest BCUT2D eigenvalue weighted by molar-refractivity contribution is -0.260. The lowest BCUT2D eigenvalue weighted by atomic mass is 10.3. The number of fused-ring (bicyclic) bond motifs is 1. The number of hydrogen-bond acceptors (Lipinski definition) is 6. The van der Waals surface area contributed by atoms with Gasteiger partial charge in [-0.25, -0.2) is 9.97 Å². The predicted octanol–water partition coefficient (Wildman–Crippen LogP) is 1.73. The highest BCUT2D eigenvalue weighted by molar-refractivity contribution is 5.93. The van der Waals surface area contributed by atoms with Crippen LogP contribution < -0.4 is 4.74 Å². The number of carbonyl (C=O) groups is 1. The molecule has 0 saturated carbocycles. The maximum atomic E-state index is 11.5. The molecule has 0 unspecified atom stereocenters. The van der Waals surface area contributed by atoms with Crippen molar-refractivity contribution in [1.82, 2.24) is 19.8 Å². The van der Waals surface area contributed by atoms with Crippen molar-refractivity contribution in [2.75, 3.05) is 6.61 Å². The first-order chi connectivity index (χ1) is 11.1. The van der Waals surface area contributed by atoms with Crippen LogP contribution in [0.2, 0.25) is 0 Å². The monoisotopic (exact) mass is 314 g/mol. The van der Waals surface area contributed by atoms with Crippen LogP contribution in [-0.4, -0.2) is 42.7 Å². The van der Waals surface area contributed by atoms with Gasteiger partial charge in [-0.2, -0.15) is 0 Å². The minimum atomic E-state index is -0.996. The molecule has 1 amide bonds. The van der Waals surface area contributed by atoms with Gasteiger partial charge >= 0.3 is 5.91 Å². The minimum Gasteiger partial charge on any atom is -0.476 e. The number of rotatable bonds is 5. The van der Waals surface area contributed by atoms with Crippen molar-refractivity contribution >= 4 is 16.9 Å². The molecule has 0 radical (unpaired) electrons. The number of hydrogen-bond donors (Lipinski definition) is 2. The normalized spacial score (nSPS) is 10.7. The first-order valence-corrected chi connectivity index (χ1v) is 6.87. The zero-order chi connectivity index (χ0) is 16.2. The van der Waals surface area contributed by atoms with Crippen molar-refractivity contribution in [3.63, 3.8) is 0 Å². The SMILES string of the molecule is O=C(c1ccc2ccn(CCOc3ccccn3)c2n1)N(O)O. The van der Waals surface area contributed by atoms with E-state index in [1.54, 1.807) is 24.4 Å². The molecule has 23 heavy (non-hydrogen) atoms. The Labute approximate surface area is 131 Å². The van der Waals surface area contributed by atoms with Crippen LogP contribution in [0.15, 0.2) is 48.8 Å². The molecule has 3 aromatic heterocycles. The Balaban J connectivity index is 1.75. The topological polar surface area (TPSA) is 101 Å². The van der Waals surface area contributed by atoms with Crippen LogP contribution in [0.4, 0.5) is 0 Å². The van der Waals surface area contributed by atoms with Gasteiger partial charge in [0.15, 0.2) is 0 Å². The molecule has 0 fully saturated rings. The smallest absolute Gasteiger partial charge is 0.321 e. The Bertz CT molecular complexity index is 817. The summed E-state index contributed by atoms with van der Waals surface area (Å²) in [5.41, 5.74) is 0.496. The van der Waals surface area contributed by atoms with Crippen LogP contribution in [-0.2, 0) is 6.54 Å². The zero-order valence-electron chi connectivity index (χ0n) is 12.0. The average Bonchev–Trinajstić information content (AvgIpc) is 2.97. The molecule has 3 heterocycles. The maximum Gasteiger partial charge on any atom is 0.321 e. The van der Waals surface area contributed by atoms with Crippen molar-refractivity contribution in [2.24, 2.45) is 0 Å². The second kappa shape index (κ2) is 6.42. The summed E-state index contributed by atoms with van der Waals surface area (Å²) in [6.07, 6.45) is 3.47. The fourth-order valence-corrected chi connectivity index (χ4v) is 2.14. The van der Waals surface area contributed by atoms with Crippen LogP contribution in [0, 0.1) is 0 Å². The van der Waals surface area contributed by atoms with Crippen molar-refractivity contribution in [3.05, 3.63) is 54.5 Å². The molecule has 0 bridgehead atoms. The minimum absolute atomic E-state index is 0.0619. The number of ether oxygens (including phenoxy) is 1. The molecule has 0 spiro atoms. The van der Waals surface area contributed by atoms with E-state index in [1.165, 1.54) is 6.07 Å². The van der Waals surface area contributed by atoms with Gasteiger partial charge in [-0.15, -0.1) is 0 Å². The summed E-state index contributed by atoms with van der Waals surface area (Å²) < 4.78 is 7.34. The quantitative estimate of drug-likeness (QED) is 0.549. The number of nitrogens with zero attached hydrogens (tertiary/aromatic N) is 4. The van der Waals surface area contributed by atoms with Gasteiger partial charge in [-0.3, -0.25) is 15.2 Å². The van der Waals surface area contributed by atoms with Crippen LogP contribution >= 0.6 is 0 Å². The highest BCUT2D eigenvalue weighted by atomic mass is 16.8. The number of hydroxylamine groups is 2. The van der Waals surface area contributed by atoms with Crippen molar-refractivity contribution < 1.29 is 19.9 Å². The number of aromatic nitrogens is 3. The molecule has 2 N–H and O–H groups in total. The molecule has 0 saturated heterocycles.